The molecule has 0 radical (unpaired) electrons. The van der Waals surface area contributed by atoms with Crippen molar-refractivity contribution in [1.29, 1.82) is 0 Å². The van der Waals surface area contributed by atoms with Gasteiger partial charge < -0.3 is 21.3 Å². The van der Waals surface area contributed by atoms with Crippen molar-refractivity contribution in [2.45, 2.75) is 205 Å². The third-order valence-corrected chi connectivity index (χ3v) is 8.51. The molecule has 0 aliphatic carbocycles. The molecule has 0 aromatic rings. The molecule has 2 atom stereocenters. The molecule has 0 aromatic carbocycles. The van der Waals surface area contributed by atoms with Gasteiger partial charge in [-0.2, -0.15) is 0 Å². The number of nitrogens with two attached hydrogens (primary N) is 1. The highest BCUT2D eigenvalue weighted by molar-refractivity contribution is 5.66. The smallest absolute Gasteiger partial charge is 0.303 e. The minimum absolute atomic E-state index is 0.219. The first-order chi connectivity index (χ1) is 19.9. The Morgan fingerprint density at radius 2 is 0.756 bits per heavy atom. The fourth-order valence-corrected chi connectivity index (χ4v) is 5.77. The van der Waals surface area contributed by atoms with Gasteiger partial charge in [0.2, 0.25) is 0 Å². The van der Waals surface area contributed by atoms with Crippen LogP contribution in [0, 0.1) is 0 Å². The summed E-state index contributed by atoms with van der Waals surface area (Å²) in [6.45, 7) is 3.24. The van der Waals surface area contributed by atoms with Gasteiger partial charge in [-0.25, -0.2) is 0 Å². The van der Waals surface area contributed by atoms with Gasteiger partial charge in [0.05, 0.1) is 0 Å². The fourth-order valence-electron chi connectivity index (χ4n) is 5.77. The average molecular weight is 583 g/mol. The fraction of sp³-hybridized carbons (Fsp3) is 0.943. The van der Waals surface area contributed by atoms with Gasteiger partial charge in [0.1, 0.15) is 0 Å². The van der Waals surface area contributed by atoms with Gasteiger partial charge >= 0.3 is 11.9 Å². The van der Waals surface area contributed by atoms with Crippen molar-refractivity contribution in [3.63, 3.8) is 0 Å². The highest BCUT2D eigenvalue weighted by Gasteiger charge is 2.12. The summed E-state index contributed by atoms with van der Waals surface area (Å²) in [5.41, 5.74) is 6.27. The van der Waals surface area contributed by atoms with Gasteiger partial charge in [0.25, 0.3) is 0 Å². The summed E-state index contributed by atoms with van der Waals surface area (Å²) in [5, 5.41) is 21.0. The van der Waals surface area contributed by atoms with Crippen LogP contribution in [0.1, 0.15) is 193 Å². The molecular weight excluding hydrogens is 512 g/mol. The molecule has 0 aliphatic heterocycles. The molecule has 0 rings (SSSR count). The Morgan fingerprint density at radius 1 is 0.488 bits per heavy atom. The number of carboxylic acids is 2. The number of aliphatic carboxylic acids is 2. The molecule has 0 saturated carbocycles. The van der Waals surface area contributed by atoms with Gasteiger partial charge in [-0.15, -0.1) is 0 Å². The summed E-state index contributed by atoms with van der Waals surface area (Å²) in [6.07, 6.45) is 34.6. The van der Waals surface area contributed by atoms with E-state index in [9.17, 15) is 9.59 Å². The van der Waals surface area contributed by atoms with E-state index in [0.29, 0.717) is 18.9 Å². The third kappa shape index (κ3) is 33.2. The molecule has 0 aliphatic rings. The Labute approximate surface area is 254 Å². The SMILES string of the molecule is CC(N)C(CCCCCCCCCCCCCCCC(=O)O)NCCCCCCCCCCCCCCCC(=O)O. The summed E-state index contributed by atoms with van der Waals surface area (Å²) in [7, 11) is 0. The van der Waals surface area contributed by atoms with Crippen molar-refractivity contribution in [2.24, 2.45) is 5.73 Å². The molecule has 0 saturated heterocycles. The van der Waals surface area contributed by atoms with E-state index in [-0.39, 0.29) is 6.04 Å². The first-order valence-electron chi connectivity index (χ1n) is 17.9. The molecule has 2 unspecified atom stereocenters. The quantitative estimate of drug-likeness (QED) is 0.0562. The number of carboxylic acid groups (broad SMARTS) is 2. The molecule has 0 amide bonds. The number of carbonyl (C=O) groups is 2. The van der Waals surface area contributed by atoms with Gasteiger partial charge in [-0.3, -0.25) is 9.59 Å². The molecule has 0 bridgehead atoms. The van der Waals surface area contributed by atoms with E-state index >= 15 is 0 Å². The summed E-state index contributed by atoms with van der Waals surface area (Å²) in [4.78, 5) is 21.0. The van der Waals surface area contributed by atoms with Gasteiger partial charge in [-0.05, 0) is 39.2 Å². The summed E-state index contributed by atoms with van der Waals surface area (Å²) in [5.74, 6) is -1.33. The monoisotopic (exact) mass is 583 g/mol. The van der Waals surface area contributed by atoms with E-state index in [1.807, 2.05) is 0 Å². The van der Waals surface area contributed by atoms with Crippen molar-refractivity contribution < 1.29 is 19.8 Å². The Hall–Kier alpha value is -1.14. The van der Waals surface area contributed by atoms with Gasteiger partial charge in [0.15, 0.2) is 0 Å². The Balaban J connectivity index is 3.39. The highest BCUT2D eigenvalue weighted by atomic mass is 16.4. The minimum atomic E-state index is -0.664. The van der Waals surface area contributed by atoms with Crippen molar-refractivity contribution in [3.05, 3.63) is 0 Å². The molecule has 5 N–H and O–H groups in total. The zero-order valence-corrected chi connectivity index (χ0v) is 27.2. The van der Waals surface area contributed by atoms with E-state index < -0.39 is 11.9 Å². The van der Waals surface area contributed by atoms with Crippen molar-refractivity contribution >= 4 is 11.9 Å². The molecule has 6 nitrogen and oxygen atoms in total. The van der Waals surface area contributed by atoms with Crippen LogP contribution in [0.3, 0.4) is 0 Å². The van der Waals surface area contributed by atoms with Gasteiger partial charge in [0, 0.05) is 24.9 Å². The van der Waals surface area contributed by atoms with Crippen LogP contribution < -0.4 is 11.1 Å². The Bertz CT molecular complexity index is 570. The van der Waals surface area contributed by atoms with Crippen LogP contribution in [-0.4, -0.2) is 40.8 Å². The van der Waals surface area contributed by atoms with E-state index in [2.05, 4.69) is 12.2 Å². The molecule has 6 heteroatoms. The first-order valence-corrected chi connectivity index (χ1v) is 17.9. The second-order valence-electron chi connectivity index (χ2n) is 12.7. The third-order valence-electron chi connectivity index (χ3n) is 8.51. The number of rotatable bonds is 34. The summed E-state index contributed by atoms with van der Waals surface area (Å²) in [6, 6.07) is 0.674. The lowest BCUT2D eigenvalue weighted by Gasteiger charge is -2.22. The lowest BCUT2D eigenvalue weighted by atomic mass is 10.0. The minimum Gasteiger partial charge on any atom is -0.481 e. The van der Waals surface area contributed by atoms with E-state index in [1.54, 1.807) is 0 Å². The van der Waals surface area contributed by atoms with E-state index in [0.717, 1.165) is 32.2 Å². The zero-order valence-electron chi connectivity index (χ0n) is 27.2. The first kappa shape index (κ1) is 39.9. The second kappa shape index (κ2) is 31.8. The van der Waals surface area contributed by atoms with Crippen molar-refractivity contribution in [2.75, 3.05) is 6.54 Å². The maximum atomic E-state index is 10.5. The second-order valence-corrected chi connectivity index (χ2v) is 12.7. The maximum Gasteiger partial charge on any atom is 0.303 e. The summed E-state index contributed by atoms with van der Waals surface area (Å²) >= 11 is 0. The molecule has 0 heterocycles. The predicted octanol–water partition coefficient (Wildman–Crippen LogP) is 9.77. The largest absolute Gasteiger partial charge is 0.481 e. The topological polar surface area (TPSA) is 113 Å². The lowest BCUT2D eigenvalue weighted by Crippen LogP contribution is -2.43. The average Bonchev–Trinajstić information content (AvgIpc) is 2.93. The van der Waals surface area contributed by atoms with Crippen LogP contribution in [-0.2, 0) is 9.59 Å². The van der Waals surface area contributed by atoms with E-state index in [1.165, 1.54) is 148 Å². The summed E-state index contributed by atoms with van der Waals surface area (Å²) < 4.78 is 0. The number of hydrogen-bond acceptors (Lipinski definition) is 4. The van der Waals surface area contributed by atoms with Crippen molar-refractivity contribution in [3.8, 4) is 0 Å². The van der Waals surface area contributed by atoms with Gasteiger partial charge in [-0.1, -0.05) is 148 Å². The molecule has 0 fully saturated rings. The van der Waals surface area contributed by atoms with Crippen LogP contribution >= 0.6 is 0 Å². The van der Waals surface area contributed by atoms with Crippen LogP contribution in [0.4, 0.5) is 0 Å². The number of nitrogens with one attached hydrogen (secondary N) is 1. The molecular formula is C35H70N2O4. The van der Waals surface area contributed by atoms with E-state index in [4.69, 9.17) is 15.9 Å². The Morgan fingerprint density at radius 3 is 1.05 bits per heavy atom. The van der Waals surface area contributed by atoms with Crippen LogP contribution in [0.25, 0.3) is 0 Å². The highest BCUT2D eigenvalue weighted by Crippen LogP contribution is 2.15. The van der Waals surface area contributed by atoms with Crippen LogP contribution in [0.15, 0.2) is 0 Å². The van der Waals surface area contributed by atoms with Crippen LogP contribution in [0.5, 0.6) is 0 Å². The number of unbranched alkanes of at least 4 members (excludes halogenated alkanes) is 24. The molecule has 244 valence electrons. The van der Waals surface area contributed by atoms with Crippen LogP contribution in [0.2, 0.25) is 0 Å². The Kier molecular flexibility index (Phi) is 30.9. The lowest BCUT2D eigenvalue weighted by molar-refractivity contribution is -0.138. The maximum absolute atomic E-state index is 10.5. The normalized spacial score (nSPS) is 12.9. The predicted molar refractivity (Wildman–Crippen MR) is 175 cm³/mol. The molecule has 41 heavy (non-hydrogen) atoms. The standard InChI is InChI=1S/C35H70N2O4/c1-32(36)33(28-24-20-16-12-8-4-2-5-9-13-17-21-25-29-34(38)39)37-31-27-23-19-15-11-7-3-6-10-14-18-22-26-30-35(40)41/h32-33,37H,2-31,36H2,1H3,(H,38,39)(H,40,41). The zero-order chi connectivity index (χ0) is 30.2. The number of hydrogen-bond donors (Lipinski definition) is 4. The molecule has 0 aromatic heterocycles. The van der Waals surface area contributed by atoms with Crippen molar-refractivity contribution in [1.82, 2.24) is 5.32 Å². The molecule has 0 spiro atoms.